The van der Waals surface area contributed by atoms with Crippen LogP contribution in [0.1, 0.15) is 57.2 Å². The molecule has 0 aliphatic carbocycles. The third-order valence-electron chi connectivity index (χ3n) is 5.02. The molecule has 2 aliphatic rings. The average molecular weight is 290 g/mol. The predicted molar refractivity (Wildman–Crippen MR) is 86.5 cm³/mol. The summed E-state index contributed by atoms with van der Waals surface area (Å²) in [7, 11) is 0. The summed E-state index contributed by atoms with van der Waals surface area (Å²) in [5.74, 6) is 2.60. The molecule has 1 aromatic heterocycles. The van der Waals surface area contributed by atoms with Gasteiger partial charge in [-0.3, -0.25) is 0 Å². The van der Waals surface area contributed by atoms with Crippen molar-refractivity contribution in [2.24, 2.45) is 5.92 Å². The smallest absolute Gasteiger partial charge is 0.111 e. The number of hydrogen-bond donors (Lipinski definition) is 1. The minimum Gasteiger partial charge on any atom is -0.331 e. The molecule has 21 heavy (non-hydrogen) atoms. The topological polar surface area (TPSA) is 33.1 Å². The van der Waals surface area contributed by atoms with Gasteiger partial charge in [0.25, 0.3) is 0 Å². The van der Waals surface area contributed by atoms with Crippen LogP contribution in [0.2, 0.25) is 0 Å². The number of hydrogen-bond acceptors (Lipinski definition) is 3. The maximum atomic E-state index is 4.93. The molecule has 1 N–H and O–H groups in total. The first-order valence-corrected chi connectivity index (χ1v) is 8.59. The molecule has 3 heterocycles. The Morgan fingerprint density at radius 2 is 2.10 bits per heavy atom. The van der Waals surface area contributed by atoms with Gasteiger partial charge in [-0.1, -0.05) is 13.8 Å². The highest BCUT2D eigenvalue weighted by Crippen LogP contribution is 2.26. The monoisotopic (exact) mass is 290 g/mol. The van der Waals surface area contributed by atoms with Crippen molar-refractivity contribution in [3.8, 4) is 0 Å². The van der Waals surface area contributed by atoms with Gasteiger partial charge in [0.15, 0.2) is 0 Å². The maximum absolute atomic E-state index is 4.93. The van der Waals surface area contributed by atoms with Crippen LogP contribution in [0.3, 0.4) is 0 Å². The van der Waals surface area contributed by atoms with E-state index in [1.807, 2.05) is 0 Å². The number of rotatable bonds is 4. The van der Waals surface area contributed by atoms with Crippen LogP contribution in [0.15, 0.2) is 0 Å². The summed E-state index contributed by atoms with van der Waals surface area (Å²) in [6, 6.07) is 0.681. The van der Waals surface area contributed by atoms with Crippen molar-refractivity contribution in [3.05, 3.63) is 17.2 Å². The second-order valence-electron chi connectivity index (χ2n) is 7.30. The lowest BCUT2D eigenvalue weighted by Gasteiger charge is -2.22. The number of likely N-dealkylation sites (tertiary alicyclic amines) is 1. The predicted octanol–water partition coefficient (Wildman–Crippen LogP) is 2.38. The second-order valence-corrected chi connectivity index (χ2v) is 7.30. The van der Waals surface area contributed by atoms with Crippen molar-refractivity contribution < 1.29 is 0 Å². The highest BCUT2D eigenvalue weighted by Gasteiger charge is 2.28. The first-order valence-electron chi connectivity index (χ1n) is 8.59. The summed E-state index contributed by atoms with van der Waals surface area (Å²) in [6.45, 7) is 14.9. The molecule has 1 saturated heterocycles. The fraction of sp³-hybridized carbons (Fsp3) is 0.824. The van der Waals surface area contributed by atoms with Crippen molar-refractivity contribution >= 4 is 0 Å². The Morgan fingerprint density at radius 3 is 2.76 bits per heavy atom. The van der Waals surface area contributed by atoms with E-state index in [4.69, 9.17) is 4.98 Å². The SMILES string of the molecule is CC(C)c1nc2c(n1CC1CCN(C(C)C)C1)CCNC2. The average Bonchev–Trinajstić information content (AvgIpc) is 3.05. The molecule has 4 heteroatoms. The van der Waals surface area contributed by atoms with E-state index in [1.165, 1.54) is 43.3 Å². The van der Waals surface area contributed by atoms with Crippen LogP contribution in [-0.4, -0.2) is 40.1 Å². The molecule has 0 spiro atoms. The standard InChI is InChI=1S/C17H30N4/c1-12(2)17-19-15-9-18-7-5-16(15)21(17)11-14-6-8-20(10-14)13(3)4/h12-14,18H,5-11H2,1-4H3. The fourth-order valence-electron chi connectivity index (χ4n) is 3.77. The molecule has 1 aromatic rings. The molecule has 0 radical (unpaired) electrons. The van der Waals surface area contributed by atoms with Crippen LogP contribution in [0.25, 0.3) is 0 Å². The Kier molecular flexibility index (Phi) is 4.36. The van der Waals surface area contributed by atoms with Crippen LogP contribution >= 0.6 is 0 Å². The number of fused-ring (bicyclic) bond motifs is 1. The molecule has 0 aromatic carbocycles. The third kappa shape index (κ3) is 3.02. The van der Waals surface area contributed by atoms with Gasteiger partial charge >= 0.3 is 0 Å². The van der Waals surface area contributed by atoms with Crippen LogP contribution in [0.5, 0.6) is 0 Å². The summed E-state index contributed by atoms with van der Waals surface area (Å²) in [6.07, 6.45) is 2.47. The minimum absolute atomic E-state index is 0.512. The Labute approximate surface area is 128 Å². The van der Waals surface area contributed by atoms with Crippen molar-refractivity contribution in [1.29, 1.82) is 0 Å². The lowest BCUT2D eigenvalue weighted by atomic mass is 10.1. The molecular formula is C17H30N4. The highest BCUT2D eigenvalue weighted by atomic mass is 15.2. The van der Waals surface area contributed by atoms with Gasteiger partial charge in [-0.15, -0.1) is 0 Å². The lowest BCUT2D eigenvalue weighted by Crippen LogP contribution is -2.29. The number of imidazole rings is 1. The summed E-state index contributed by atoms with van der Waals surface area (Å²) >= 11 is 0. The van der Waals surface area contributed by atoms with Crippen molar-refractivity contribution in [1.82, 2.24) is 19.8 Å². The zero-order valence-electron chi connectivity index (χ0n) is 14.0. The molecule has 1 fully saturated rings. The van der Waals surface area contributed by atoms with Crippen LogP contribution in [0.4, 0.5) is 0 Å². The molecule has 1 unspecified atom stereocenters. The normalized spacial score (nSPS) is 23.2. The maximum Gasteiger partial charge on any atom is 0.111 e. The third-order valence-corrected chi connectivity index (χ3v) is 5.02. The molecule has 1 atom stereocenters. The Balaban J connectivity index is 1.80. The molecule has 3 rings (SSSR count). The molecule has 4 nitrogen and oxygen atoms in total. The van der Waals surface area contributed by atoms with Gasteiger partial charge in [-0.2, -0.15) is 0 Å². The van der Waals surface area contributed by atoms with Gasteiger partial charge < -0.3 is 14.8 Å². The summed E-state index contributed by atoms with van der Waals surface area (Å²) in [4.78, 5) is 7.55. The lowest BCUT2D eigenvalue weighted by molar-refractivity contribution is 0.259. The Bertz CT molecular complexity index is 489. The quantitative estimate of drug-likeness (QED) is 0.924. The zero-order chi connectivity index (χ0) is 15.0. The first-order chi connectivity index (χ1) is 10.1. The van der Waals surface area contributed by atoms with Crippen LogP contribution in [0, 0.1) is 5.92 Å². The van der Waals surface area contributed by atoms with Gasteiger partial charge in [-0.25, -0.2) is 4.98 Å². The number of nitrogens with zero attached hydrogens (tertiary/aromatic N) is 3. The summed E-state index contributed by atoms with van der Waals surface area (Å²) in [5, 5.41) is 3.45. The zero-order valence-corrected chi connectivity index (χ0v) is 14.0. The number of nitrogens with one attached hydrogen (secondary N) is 1. The van der Waals surface area contributed by atoms with Gasteiger partial charge in [0.2, 0.25) is 0 Å². The molecule has 2 aliphatic heterocycles. The van der Waals surface area contributed by atoms with Gasteiger partial charge in [0.1, 0.15) is 5.82 Å². The summed E-state index contributed by atoms with van der Waals surface area (Å²) < 4.78 is 2.56. The van der Waals surface area contributed by atoms with Gasteiger partial charge in [0.05, 0.1) is 5.69 Å². The van der Waals surface area contributed by atoms with E-state index < -0.39 is 0 Å². The Hall–Kier alpha value is -0.870. The van der Waals surface area contributed by atoms with E-state index in [0.29, 0.717) is 12.0 Å². The number of aromatic nitrogens is 2. The second kappa shape index (κ2) is 6.09. The van der Waals surface area contributed by atoms with Crippen molar-refractivity contribution in [3.63, 3.8) is 0 Å². The van der Waals surface area contributed by atoms with E-state index in [0.717, 1.165) is 25.4 Å². The van der Waals surface area contributed by atoms with Crippen LogP contribution < -0.4 is 5.32 Å². The molecule has 118 valence electrons. The highest BCUT2D eigenvalue weighted by molar-refractivity contribution is 5.22. The molecular weight excluding hydrogens is 260 g/mol. The van der Waals surface area contributed by atoms with E-state index >= 15 is 0 Å². The van der Waals surface area contributed by atoms with E-state index in [9.17, 15) is 0 Å². The molecule has 0 amide bonds. The largest absolute Gasteiger partial charge is 0.331 e. The molecule has 0 bridgehead atoms. The van der Waals surface area contributed by atoms with Gasteiger partial charge in [-0.05, 0) is 32.7 Å². The van der Waals surface area contributed by atoms with E-state index in [-0.39, 0.29) is 0 Å². The fourth-order valence-corrected chi connectivity index (χ4v) is 3.77. The first kappa shape index (κ1) is 15.0. The summed E-state index contributed by atoms with van der Waals surface area (Å²) in [5.41, 5.74) is 2.80. The van der Waals surface area contributed by atoms with Crippen LogP contribution in [-0.2, 0) is 19.5 Å². The van der Waals surface area contributed by atoms with Crippen molar-refractivity contribution in [2.75, 3.05) is 19.6 Å². The van der Waals surface area contributed by atoms with E-state index in [2.05, 4.69) is 42.5 Å². The van der Waals surface area contributed by atoms with E-state index in [1.54, 1.807) is 0 Å². The Morgan fingerprint density at radius 1 is 1.29 bits per heavy atom. The minimum atomic E-state index is 0.512. The molecule has 0 saturated carbocycles. The van der Waals surface area contributed by atoms with Crippen molar-refractivity contribution in [2.45, 2.75) is 65.6 Å². The van der Waals surface area contributed by atoms with Gasteiger partial charge in [0, 0.05) is 50.3 Å².